The molecular formula is C14H19NO3S. The molecule has 0 saturated carbocycles. The summed E-state index contributed by atoms with van der Waals surface area (Å²) in [7, 11) is 0. The van der Waals surface area contributed by atoms with Gasteiger partial charge in [-0.05, 0) is 30.7 Å². The Bertz CT molecular complexity index is 443. The largest absolute Gasteiger partial charge is 0.480 e. The fourth-order valence-corrected chi connectivity index (χ4v) is 2.37. The molecule has 1 aromatic rings. The summed E-state index contributed by atoms with van der Waals surface area (Å²) in [5.74, 6) is -1.36. The van der Waals surface area contributed by atoms with Crippen LogP contribution < -0.4 is 5.32 Å². The molecule has 0 saturated heterocycles. The standard InChI is InChI=1S/C14H19NO3S/c1-4-12(14(17)18)15-13(16)10-5-7-11(8-6-10)19-9(2)3/h5-9,12H,4H2,1-3H3,(H,15,16)(H,17,18). The van der Waals surface area contributed by atoms with Gasteiger partial charge in [-0.25, -0.2) is 4.79 Å². The molecule has 0 radical (unpaired) electrons. The molecule has 0 aliphatic carbocycles. The summed E-state index contributed by atoms with van der Waals surface area (Å²) in [5.41, 5.74) is 0.479. The second kappa shape index (κ2) is 7.19. The molecule has 0 aromatic heterocycles. The van der Waals surface area contributed by atoms with Crippen LogP contribution in [0.1, 0.15) is 37.6 Å². The van der Waals surface area contributed by atoms with Crippen molar-refractivity contribution in [3.05, 3.63) is 29.8 Å². The van der Waals surface area contributed by atoms with E-state index in [1.54, 1.807) is 30.8 Å². The summed E-state index contributed by atoms with van der Waals surface area (Å²) in [6.45, 7) is 5.93. The molecule has 0 aliphatic rings. The number of hydrogen-bond donors (Lipinski definition) is 2. The maximum absolute atomic E-state index is 11.9. The minimum Gasteiger partial charge on any atom is -0.480 e. The highest BCUT2D eigenvalue weighted by molar-refractivity contribution is 7.99. The van der Waals surface area contributed by atoms with Gasteiger partial charge in [0.15, 0.2) is 0 Å². The number of thioether (sulfide) groups is 1. The predicted octanol–water partition coefficient (Wildman–Crippen LogP) is 2.78. The highest BCUT2D eigenvalue weighted by Crippen LogP contribution is 2.22. The van der Waals surface area contributed by atoms with E-state index in [9.17, 15) is 9.59 Å². The van der Waals surface area contributed by atoms with E-state index in [2.05, 4.69) is 19.2 Å². The maximum atomic E-state index is 11.9. The van der Waals surface area contributed by atoms with Gasteiger partial charge in [0.05, 0.1) is 0 Å². The normalized spacial score (nSPS) is 12.2. The Morgan fingerprint density at radius 3 is 2.26 bits per heavy atom. The molecule has 5 heteroatoms. The van der Waals surface area contributed by atoms with Crippen LogP contribution in [-0.2, 0) is 4.79 Å². The fourth-order valence-electron chi connectivity index (χ4n) is 1.54. The molecule has 104 valence electrons. The van der Waals surface area contributed by atoms with Gasteiger partial charge in [0.25, 0.3) is 5.91 Å². The van der Waals surface area contributed by atoms with Gasteiger partial charge in [0, 0.05) is 15.7 Å². The van der Waals surface area contributed by atoms with Crippen LogP contribution in [0.2, 0.25) is 0 Å². The number of aliphatic carboxylic acids is 1. The van der Waals surface area contributed by atoms with Crippen molar-refractivity contribution < 1.29 is 14.7 Å². The van der Waals surface area contributed by atoms with Crippen molar-refractivity contribution in [1.29, 1.82) is 0 Å². The Kier molecular flexibility index (Phi) is 5.89. The lowest BCUT2D eigenvalue weighted by Gasteiger charge is -2.12. The van der Waals surface area contributed by atoms with Crippen LogP contribution in [0.15, 0.2) is 29.2 Å². The van der Waals surface area contributed by atoms with Crippen LogP contribution in [0.25, 0.3) is 0 Å². The van der Waals surface area contributed by atoms with E-state index in [-0.39, 0.29) is 5.91 Å². The first-order valence-corrected chi connectivity index (χ1v) is 7.12. The van der Waals surface area contributed by atoms with Crippen molar-refractivity contribution in [2.45, 2.75) is 43.4 Å². The highest BCUT2D eigenvalue weighted by atomic mass is 32.2. The van der Waals surface area contributed by atoms with Gasteiger partial charge in [0.1, 0.15) is 6.04 Å². The Labute approximate surface area is 117 Å². The van der Waals surface area contributed by atoms with Crippen LogP contribution in [-0.4, -0.2) is 28.3 Å². The van der Waals surface area contributed by atoms with Gasteiger partial charge in [0.2, 0.25) is 0 Å². The van der Waals surface area contributed by atoms with E-state index in [1.165, 1.54) is 0 Å². The number of rotatable bonds is 6. The lowest BCUT2D eigenvalue weighted by Crippen LogP contribution is -2.40. The number of carboxylic acids is 1. The Hall–Kier alpha value is -1.49. The number of hydrogen-bond acceptors (Lipinski definition) is 3. The zero-order valence-corrected chi connectivity index (χ0v) is 12.2. The second-order valence-electron chi connectivity index (χ2n) is 4.46. The van der Waals surface area contributed by atoms with E-state index < -0.39 is 12.0 Å². The van der Waals surface area contributed by atoms with Crippen molar-refractivity contribution in [3.63, 3.8) is 0 Å². The number of nitrogens with one attached hydrogen (secondary N) is 1. The van der Waals surface area contributed by atoms with Crippen LogP contribution in [0.4, 0.5) is 0 Å². The average Bonchev–Trinajstić information content (AvgIpc) is 2.35. The highest BCUT2D eigenvalue weighted by Gasteiger charge is 2.18. The van der Waals surface area contributed by atoms with Crippen molar-refractivity contribution in [3.8, 4) is 0 Å². The van der Waals surface area contributed by atoms with Gasteiger partial charge >= 0.3 is 5.97 Å². The summed E-state index contributed by atoms with van der Waals surface area (Å²) in [6.07, 6.45) is 0.363. The summed E-state index contributed by atoms with van der Waals surface area (Å²) in [4.78, 5) is 23.8. The quantitative estimate of drug-likeness (QED) is 0.787. The Morgan fingerprint density at radius 2 is 1.84 bits per heavy atom. The van der Waals surface area contributed by atoms with Crippen LogP contribution >= 0.6 is 11.8 Å². The maximum Gasteiger partial charge on any atom is 0.326 e. The molecule has 19 heavy (non-hydrogen) atoms. The van der Waals surface area contributed by atoms with Gasteiger partial charge in [-0.2, -0.15) is 0 Å². The Balaban J connectivity index is 2.70. The average molecular weight is 281 g/mol. The van der Waals surface area contributed by atoms with Crippen LogP contribution in [0, 0.1) is 0 Å². The topological polar surface area (TPSA) is 66.4 Å². The zero-order chi connectivity index (χ0) is 14.4. The molecular weight excluding hydrogens is 262 g/mol. The molecule has 1 atom stereocenters. The molecule has 1 rings (SSSR count). The molecule has 0 bridgehead atoms. The van der Waals surface area contributed by atoms with Crippen LogP contribution in [0.5, 0.6) is 0 Å². The van der Waals surface area contributed by atoms with Crippen molar-refractivity contribution >= 4 is 23.6 Å². The first kappa shape index (κ1) is 15.6. The third kappa shape index (κ3) is 4.95. The minimum absolute atomic E-state index is 0.352. The molecule has 0 spiro atoms. The minimum atomic E-state index is -1.01. The van der Waals surface area contributed by atoms with E-state index >= 15 is 0 Å². The van der Waals surface area contributed by atoms with Crippen LogP contribution in [0.3, 0.4) is 0 Å². The number of carbonyl (C=O) groups is 2. The summed E-state index contributed by atoms with van der Waals surface area (Å²) >= 11 is 1.72. The van der Waals surface area contributed by atoms with Crippen molar-refractivity contribution in [2.75, 3.05) is 0 Å². The van der Waals surface area contributed by atoms with Gasteiger partial charge in [-0.3, -0.25) is 4.79 Å². The smallest absolute Gasteiger partial charge is 0.326 e. The molecule has 1 aromatic carbocycles. The van der Waals surface area contributed by atoms with E-state index in [4.69, 9.17) is 5.11 Å². The predicted molar refractivity (Wildman–Crippen MR) is 76.6 cm³/mol. The van der Waals surface area contributed by atoms with Crippen molar-refractivity contribution in [2.24, 2.45) is 0 Å². The number of benzene rings is 1. The molecule has 1 unspecified atom stereocenters. The van der Waals surface area contributed by atoms with Gasteiger partial charge < -0.3 is 10.4 Å². The van der Waals surface area contributed by atoms with E-state index in [0.29, 0.717) is 17.2 Å². The third-order valence-corrected chi connectivity index (χ3v) is 3.52. The molecule has 2 N–H and O–H groups in total. The molecule has 4 nitrogen and oxygen atoms in total. The number of carboxylic acid groups (broad SMARTS) is 1. The monoisotopic (exact) mass is 281 g/mol. The first-order chi connectivity index (χ1) is 8.93. The Morgan fingerprint density at radius 1 is 1.26 bits per heavy atom. The molecule has 0 heterocycles. The van der Waals surface area contributed by atoms with Gasteiger partial charge in [-0.15, -0.1) is 11.8 Å². The second-order valence-corrected chi connectivity index (χ2v) is 6.11. The molecule has 1 amide bonds. The summed E-state index contributed by atoms with van der Waals surface area (Å²) in [6, 6.07) is 6.35. The third-order valence-electron chi connectivity index (χ3n) is 2.50. The number of amides is 1. The molecule has 0 fully saturated rings. The zero-order valence-electron chi connectivity index (χ0n) is 11.3. The lowest BCUT2D eigenvalue weighted by molar-refractivity contribution is -0.139. The first-order valence-electron chi connectivity index (χ1n) is 6.24. The summed E-state index contributed by atoms with van der Waals surface area (Å²) in [5, 5.41) is 11.9. The fraction of sp³-hybridized carbons (Fsp3) is 0.429. The molecule has 0 aliphatic heterocycles. The summed E-state index contributed by atoms with van der Waals surface area (Å²) < 4.78 is 0. The van der Waals surface area contributed by atoms with E-state index in [0.717, 1.165) is 4.90 Å². The van der Waals surface area contributed by atoms with Crippen molar-refractivity contribution in [1.82, 2.24) is 5.32 Å². The number of carbonyl (C=O) groups excluding carboxylic acids is 1. The van der Waals surface area contributed by atoms with E-state index in [1.807, 2.05) is 12.1 Å². The van der Waals surface area contributed by atoms with Gasteiger partial charge in [-0.1, -0.05) is 20.8 Å². The lowest BCUT2D eigenvalue weighted by atomic mass is 10.1. The SMILES string of the molecule is CCC(NC(=O)c1ccc(SC(C)C)cc1)C(=O)O.